The van der Waals surface area contributed by atoms with Gasteiger partial charge in [-0.25, -0.2) is 12.7 Å². The van der Waals surface area contributed by atoms with Crippen molar-refractivity contribution in [2.45, 2.75) is 52.6 Å². The third-order valence-electron chi connectivity index (χ3n) is 2.78. The summed E-state index contributed by atoms with van der Waals surface area (Å²) in [4.78, 5) is 0. The van der Waals surface area contributed by atoms with E-state index in [1.165, 1.54) is 4.31 Å². The average molecular weight is 250 g/mol. The molecule has 0 aliphatic heterocycles. The second-order valence-corrected chi connectivity index (χ2v) is 6.70. The van der Waals surface area contributed by atoms with Gasteiger partial charge in [0.1, 0.15) is 0 Å². The molecule has 0 rings (SSSR count). The van der Waals surface area contributed by atoms with Gasteiger partial charge >= 0.3 is 0 Å². The number of hydrogen-bond donors (Lipinski definition) is 1. The zero-order valence-corrected chi connectivity index (χ0v) is 12.0. The first-order valence-electron chi connectivity index (χ1n) is 6.00. The van der Waals surface area contributed by atoms with E-state index in [0.29, 0.717) is 12.5 Å². The first-order chi connectivity index (χ1) is 7.31. The summed E-state index contributed by atoms with van der Waals surface area (Å²) >= 11 is 0. The molecule has 1 atom stereocenters. The van der Waals surface area contributed by atoms with E-state index >= 15 is 0 Å². The molecule has 0 spiro atoms. The Kier molecular flexibility index (Phi) is 7.19. The number of rotatable bonds is 8. The Morgan fingerprint density at radius 3 is 2.25 bits per heavy atom. The fourth-order valence-corrected chi connectivity index (χ4v) is 2.82. The van der Waals surface area contributed by atoms with Crippen LogP contribution in [-0.2, 0) is 10.0 Å². The second-order valence-electron chi connectivity index (χ2n) is 4.55. The molecule has 4 nitrogen and oxygen atoms in total. The number of nitrogens with one attached hydrogen (secondary N) is 1. The van der Waals surface area contributed by atoms with Crippen molar-refractivity contribution in [3.05, 3.63) is 0 Å². The van der Waals surface area contributed by atoms with Crippen molar-refractivity contribution < 1.29 is 8.42 Å². The van der Waals surface area contributed by atoms with E-state index < -0.39 is 10.0 Å². The highest BCUT2D eigenvalue weighted by molar-refractivity contribution is 7.89. The number of nitrogens with zero attached hydrogens (tertiary/aromatic N) is 1. The Hall–Kier alpha value is -0.130. The van der Waals surface area contributed by atoms with E-state index in [2.05, 4.69) is 19.2 Å². The molecule has 0 saturated heterocycles. The van der Waals surface area contributed by atoms with Gasteiger partial charge < -0.3 is 5.32 Å². The molecule has 0 aromatic carbocycles. The van der Waals surface area contributed by atoms with Crippen molar-refractivity contribution in [3.8, 4) is 0 Å². The molecule has 98 valence electrons. The zero-order chi connectivity index (χ0) is 12.8. The SMILES string of the molecule is CCC(C)N(C)S(=O)(=O)CCCNC(C)C. The Morgan fingerprint density at radius 1 is 1.25 bits per heavy atom. The Labute approximate surface area is 100 Å². The Balaban J connectivity index is 4.05. The maximum Gasteiger partial charge on any atom is 0.214 e. The highest BCUT2D eigenvalue weighted by atomic mass is 32.2. The summed E-state index contributed by atoms with van der Waals surface area (Å²) in [5, 5.41) is 3.22. The van der Waals surface area contributed by atoms with Gasteiger partial charge in [-0.15, -0.1) is 0 Å². The molecule has 0 aromatic rings. The lowest BCUT2D eigenvalue weighted by Crippen LogP contribution is -2.37. The lowest BCUT2D eigenvalue weighted by Gasteiger charge is -2.23. The Morgan fingerprint density at radius 2 is 1.81 bits per heavy atom. The summed E-state index contributed by atoms with van der Waals surface area (Å²) in [6, 6.07) is 0.498. The highest BCUT2D eigenvalue weighted by Gasteiger charge is 2.21. The summed E-state index contributed by atoms with van der Waals surface area (Å²) in [6.45, 7) is 8.80. The van der Waals surface area contributed by atoms with Gasteiger partial charge in [0.2, 0.25) is 10.0 Å². The first-order valence-corrected chi connectivity index (χ1v) is 7.61. The van der Waals surface area contributed by atoms with Crippen LogP contribution in [0.3, 0.4) is 0 Å². The Bertz CT molecular complexity index is 276. The molecule has 0 radical (unpaired) electrons. The van der Waals surface area contributed by atoms with Gasteiger partial charge in [0, 0.05) is 19.1 Å². The third-order valence-corrected chi connectivity index (χ3v) is 4.82. The molecule has 0 aliphatic carbocycles. The fraction of sp³-hybridized carbons (Fsp3) is 1.00. The van der Waals surface area contributed by atoms with Crippen LogP contribution >= 0.6 is 0 Å². The van der Waals surface area contributed by atoms with Crippen molar-refractivity contribution in [2.24, 2.45) is 0 Å². The summed E-state index contributed by atoms with van der Waals surface area (Å²) in [5.41, 5.74) is 0. The monoisotopic (exact) mass is 250 g/mol. The van der Waals surface area contributed by atoms with E-state index in [1.54, 1.807) is 7.05 Å². The molecule has 16 heavy (non-hydrogen) atoms. The second kappa shape index (κ2) is 7.25. The van der Waals surface area contributed by atoms with Gasteiger partial charge in [0.05, 0.1) is 5.75 Å². The summed E-state index contributed by atoms with van der Waals surface area (Å²) in [5.74, 6) is 0.230. The minimum atomic E-state index is -3.08. The lowest BCUT2D eigenvalue weighted by molar-refractivity contribution is 0.379. The molecule has 0 aliphatic rings. The fourth-order valence-electron chi connectivity index (χ4n) is 1.32. The lowest BCUT2D eigenvalue weighted by atomic mass is 10.3. The van der Waals surface area contributed by atoms with E-state index in [1.807, 2.05) is 13.8 Å². The largest absolute Gasteiger partial charge is 0.314 e. The van der Waals surface area contributed by atoms with Gasteiger partial charge in [-0.1, -0.05) is 20.8 Å². The predicted molar refractivity (Wildman–Crippen MR) is 69.1 cm³/mol. The van der Waals surface area contributed by atoms with Crippen LogP contribution in [0.5, 0.6) is 0 Å². The average Bonchev–Trinajstić information content (AvgIpc) is 2.22. The molecule has 0 aromatic heterocycles. The first kappa shape index (κ1) is 15.9. The molecule has 0 heterocycles. The van der Waals surface area contributed by atoms with Crippen LogP contribution in [0.1, 0.15) is 40.5 Å². The van der Waals surface area contributed by atoms with Crippen LogP contribution in [0.4, 0.5) is 0 Å². The van der Waals surface area contributed by atoms with Gasteiger partial charge in [-0.05, 0) is 26.3 Å². The number of hydrogen-bond acceptors (Lipinski definition) is 3. The van der Waals surface area contributed by atoms with Crippen LogP contribution < -0.4 is 5.32 Å². The normalized spacial score (nSPS) is 14.7. The molecule has 5 heteroatoms. The standard InChI is InChI=1S/C11H26N2O2S/c1-6-11(4)13(5)16(14,15)9-7-8-12-10(2)3/h10-12H,6-9H2,1-5H3. The van der Waals surface area contributed by atoms with E-state index in [9.17, 15) is 8.42 Å². The highest BCUT2D eigenvalue weighted by Crippen LogP contribution is 2.08. The maximum atomic E-state index is 11.9. The van der Waals surface area contributed by atoms with Crippen molar-refractivity contribution >= 4 is 10.0 Å². The molecule has 0 amide bonds. The summed E-state index contributed by atoms with van der Waals surface area (Å²) < 4.78 is 25.2. The summed E-state index contributed by atoms with van der Waals surface area (Å²) in [6.07, 6.45) is 1.52. The van der Waals surface area contributed by atoms with Crippen molar-refractivity contribution in [1.29, 1.82) is 0 Å². The summed E-state index contributed by atoms with van der Waals surface area (Å²) in [7, 11) is -1.41. The molecule has 1 N–H and O–H groups in total. The van der Waals surface area contributed by atoms with Crippen LogP contribution in [0.25, 0.3) is 0 Å². The molecule has 0 fully saturated rings. The van der Waals surface area contributed by atoms with E-state index in [4.69, 9.17) is 0 Å². The van der Waals surface area contributed by atoms with Gasteiger partial charge in [0.25, 0.3) is 0 Å². The van der Waals surface area contributed by atoms with Crippen LogP contribution in [0.2, 0.25) is 0 Å². The maximum absolute atomic E-state index is 11.9. The van der Waals surface area contributed by atoms with Gasteiger partial charge in [-0.3, -0.25) is 0 Å². The van der Waals surface area contributed by atoms with Crippen molar-refractivity contribution in [3.63, 3.8) is 0 Å². The molecular formula is C11H26N2O2S. The van der Waals surface area contributed by atoms with Crippen molar-refractivity contribution in [2.75, 3.05) is 19.3 Å². The zero-order valence-electron chi connectivity index (χ0n) is 11.2. The predicted octanol–water partition coefficient (Wildman–Crippen LogP) is 1.43. The van der Waals surface area contributed by atoms with E-state index in [-0.39, 0.29) is 11.8 Å². The minimum absolute atomic E-state index is 0.0862. The van der Waals surface area contributed by atoms with Crippen LogP contribution in [0, 0.1) is 0 Å². The van der Waals surface area contributed by atoms with Crippen LogP contribution in [0.15, 0.2) is 0 Å². The molecule has 0 bridgehead atoms. The van der Waals surface area contributed by atoms with Crippen molar-refractivity contribution in [1.82, 2.24) is 9.62 Å². The van der Waals surface area contributed by atoms with Gasteiger partial charge in [0.15, 0.2) is 0 Å². The topological polar surface area (TPSA) is 49.4 Å². The quantitative estimate of drug-likeness (QED) is 0.663. The van der Waals surface area contributed by atoms with Gasteiger partial charge in [-0.2, -0.15) is 0 Å². The molecule has 1 unspecified atom stereocenters. The third kappa shape index (κ3) is 5.82. The smallest absolute Gasteiger partial charge is 0.214 e. The minimum Gasteiger partial charge on any atom is -0.314 e. The molecular weight excluding hydrogens is 224 g/mol. The van der Waals surface area contributed by atoms with E-state index in [0.717, 1.165) is 13.0 Å². The number of sulfonamides is 1. The molecule has 0 saturated carbocycles. The van der Waals surface area contributed by atoms with Crippen LogP contribution in [-0.4, -0.2) is 44.2 Å².